The Bertz CT molecular complexity index is 462. The Labute approximate surface area is 113 Å². The second-order valence-corrected chi connectivity index (χ2v) is 4.76. The first-order chi connectivity index (χ1) is 9.13. The van der Waals surface area contributed by atoms with Gasteiger partial charge in [-0.25, -0.2) is 4.79 Å². The van der Waals surface area contributed by atoms with Crippen LogP contribution in [-0.4, -0.2) is 32.3 Å². The first-order valence-electron chi connectivity index (χ1n) is 6.45. The molecule has 0 aromatic heterocycles. The molecule has 0 aliphatic carbocycles. The molecule has 5 nitrogen and oxygen atoms in total. The third-order valence-corrected chi connectivity index (χ3v) is 3.60. The van der Waals surface area contributed by atoms with Crippen molar-refractivity contribution in [2.45, 2.75) is 19.4 Å². The van der Waals surface area contributed by atoms with Crippen LogP contribution in [0.25, 0.3) is 0 Å². The van der Waals surface area contributed by atoms with Gasteiger partial charge < -0.3 is 20.5 Å². The lowest BCUT2D eigenvalue weighted by Crippen LogP contribution is -2.21. The van der Waals surface area contributed by atoms with E-state index in [0.29, 0.717) is 17.2 Å². The maximum Gasteiger partial charge on any atom is 0.340 e. The van der Waals surface area contributed by atoms with E-state index in [1.54, 1.807) is 12.1 Å². The van der Waals surface area contributed by atoms with Crippen LogP contribution >= 0.6 is 0 Å². The SMILES string of the molecule is COC(=O)c1cccc(NCC2CCOC2C)c1N. The molecular formula is C14H20N2O3. The van der Waals surface area contributed by atoms with Crippen molar-refractivity contribution in [2.24, 2.45) is 5.92 Å². The zero-order chi connectivity index (χ0) is 13.8. The molecule has 104 valence electrons. The zero-order valence-electron chi connectivity index (χ0n) is 11.3. The van der Waals surface area contributed by atoms with Crippen LogP contribution in [0.15, 0.2) is 18.2 Å². The molecule has 0 spiro atoms. The molecule has 1 fully saturated rings. The minimum atomic E-state index is -0.418. The Morgan fingerprint density at radius 3 is 3.00 bits per heavy atom. The van der Waals surface area contributed by atoms with Gasteiger partial charge in [0.15, 0.2) is 0 Å². The number of rotatable bonds is 4. The van der Waals surface area contributed by atoms with Gasteiger partial charge in [0.25, 0.3) is 0 Å². The summed E-state index contributed by atoms with van der Waals surface area (Å²) in [5.41, 5.74) is 7.57. The van der Waals surface area contributed by atoms with Gasteiger partial charge >= 0.3 is 5.97 Å². The molecule has 0 saturated carbocycles. The number of nitrogens with two attached hydrogens (primary N) is 1. The number of benzene rings is 1. The number of ether oxygens (including phenoxy) is 2. The highest BCUT2D eigenvalue weighted by Crippen LogP contribution is 2.26. The fraction of sp³-hybridized carbons (Fsp3) is 0.500. The Hall–Kier alpha value is -1.75. The largest absolute Gasteiger partial charge is 0.465 e. The van der Waals surface area contributed by atoms with Crippen molar-refractivity contribution in [3.8, 4) is 0 Å². The van der Waals surface area contributed by atoms with Gasteiger partial charge in [-0.1, -0.05) is 6.07 Å². The number of carbonyl (C=O) groups excluding carboxylic acids is 1. The second kappa shape index (κ2) is 5.93. The highest BCUT2D eigenvalue weighted by molar-refractivity contribution is 5.98. The summed E-state index contributed by atoms with van der Waals surface area (Å²) < 4.78 is 10.2. The van der Waals surface area contributed by atoms with Crippen molar-refractivity contribution in [1.82, 2.24) is 0 Å². The number of nitrogen functional groups attached to an aromatic ring is 1. The number of carbonyl (C=O) groups is 1. The van der Waals surface area contributed by atoms with Gasteiger partial charge in [0.1, 0.15) is 0 Å². The molecule has 0 bridgehead atoms. The van der Waals surface area contributed by atoms with E-state index < -0.39 is 5.97 Å². The van der Waals surface area contributed by atoms with E-state index in [1.807, 2.05) is 6.07 Å². The summed E-state index contributed by atoms with van der Waals surface area (Å²) >= 11 is 0. The molecule has 1 heterocycles. The molecule has 1 aromatic rings. The summed E-state index contributed by atoms with van der Waals surface area (Å²) in [6.07, 6.45) is 1.31. The number of para-hydroxylation sites is 1. The van der Waals surface area contributed by atoms with E-state index in [2.05, 4.69) is 12.2 Å². The lowest BCUT2D eigenvalue weighted by molar-refractivity contribution is 0.0602. The van der Waals surface area contributed by atoms with Crippen molar-refractivity contribution >= 4 is 17.3 Å². The Morgan fingerprint density at radius 1 is 1.58 bits per heavy atom. The van der Waals surface area contributed by atoms with Crippen LogP contribution in [0.5, 0.6) is 0 Å². The van der Waals surface area contributed by atoms with Crippen molar-refractivity contribution < 1.29 is 14.3 Å². The maximum atomic E-state index is 11.5. The molecule has 5 heteroatoms. The summed E-state index contributed by atoms with van der Waals surface area (Å²) in [5.74, 6) is 0.0555. The Kier molecular flexibility index (Phi) is 4.27. The average Bonchev–Trinajstić information content (AvgIpc) is 2.82. The maximum absolute atomic E-state index is 11.5. The number of anilines is 2. The quantitative estimate of drug-likeness (QED) is 0.641. The van der Waals surface area contributed by atoms with E-state index in [4.69, 9.17) is 15.2 Å². The molecule has 2 rings (SSSR count). The monoisotopic (exact) mass is 264 g/mol. The molecule has 2 unspecified atom stereocenters. The Morgan fingerprint density at radius 2 is 2.37 bits per heavy atom. The van der Waals surface area contributed by atoms with Gasteiger partial charge in [0.2, 0.25) is 0 Å². The van der Waals surface area contributed by atoms with Crippen LogP contribution in [0.1, 0.15) is 23.7 Å². The minimum absolute atomic E-state index is 0.262. The molecule has 1 saturated heterocycles. The second-order valence-electron chi connectivity index (χ2n) is 4.76. The number of hydrogen-bond acceptors (Lipinski definition) is 5. The van der Waals surface area contributed by atoms with E-state index >= 15 is 0 Å². The van der Waals surface area contributed by atoms with E-state index in [0.717, 1.165) is 25.3 Å². The predicted molar refractivity (Wildman–Crippen MR) is 74.2 cm³/mol. The third kappa shape index (κ3) is 2.98. The molecule has 2 atom stereocenters. The molecule has 1 aromatic carbocycles. The van der Waals surface area contributed by atoms with Crippen LogP contribution < -0.4 is 11.1 Å². The smallest absolute Gasteiger partial charge is 0.340 e. The highest BCUT2D eigenvalue weighted by Gasteiger charge is 2.24. The predicted octanol–water partition coefficient (Wildman–Crippen LogP) is 1.89. The zero-order valence-corrected chi connectivity index (χ0v) is 11.3. The lowest BCUT2D eigenvalue weighted by atomic mass is 10.0. The molecule has 19 heavy (non-hydrogen) atoms. The van der Waals surface area contributed by atoms with Crippen molar-refractivity contribution in [2.75, 3.05) is 31.3 Å². The van der Waals surface area contributed by atoms with E-state index in [-0.39, 0.29) is 6.10 Å². The Balaban J connectivity index is 2.06. The number of hydrogen-bond donors (Lipinski definition) is 2. The standard InChI is InChI=1S/C14H20N2O3/c1-9-10(6-7-19-9)8-16-12-5-3-4-11(13(12)15)14(17)18-2/h3-5,9-10,16H,6-8,15H2,1-2H3. The molecule has 0 amide bonds. The van der Waals surface area contributed by atoms with Crippen LogP contribution in [0, 0.1) is 5.92 Å². The summed E-state index contributed by atoms with van der Waals surface area (Å²) in [4.78, 5) is 11.5. The fourth-order valence-corrected chi connectivity index (χ4v) is 2.29. The lowest BCUT2D eigenvalue weighted by Gasteiger charge is -2.17. The molecule has 3 N–H and O–H groups in total. The van der Waals surface area contributed by atoms with Crippen LogP contribution in [0.2, 0.25) is 0 Å². The normalized spacial score (nSPS) is 22.2. The number of nitrogens with one attached hydrogen (secondary N) is 1. The van der Waals surface area contributed by atoms with Gasteiger partial charge in [-0.2, -0.15) is 0 Å². The number of esters is 1. The van der Waals surface area contributed by atoms with Crippen molar-refractivity contribution in [1.29, 1.82) is 0 Å². The van der Waals surface area contributed by atoms with Crippen LogP contribution in [-0.2, 0) is 9.47 Å². The first kappa shape index (κ1) is 13.7. The van der Waals surface area contributed by atoms with Gasteiger partial charge in [0.05, 0.1) is 30.2 Å². The fourth-order valence-electron chi connectivity index (χ4n) is 2.29. The topological polar surface area (TPSA) is 73.6 Å². The van der Waals surface area contributed by atoms with Crippen LogP contribution in [0.3, 0.4) is 0 Å². The summed E-state index contributed by atoms with van der Waals surface area (Å²) in [6, 6.07) is 5.31. The summed E-state index contributed by atoms with van der Waals surface area (Å²) in [5, 5.41) is 3.29. The van der Waals surface area contributed by atoms with Gasteiger partial charge in [-0.3, -0.25) is 0 Å². The first-order valence-corrected chi connectivity index (χ1v) is 6.45. The third-order valence-electron chi connectivity index (χ3n) is 3.60. The van der Waals surface area contributed by atoms with Crippen molar-refractivity contribution in [3.05, 3.63) is 23.8 Å². The minimum Gasteiger partial charge on any atom is -0.465 e. The highest BCUT2D eigenvalue weighted by atomic mass is 16.5. The molecular weight excluding hydrogens is 244 g/mol. The molecule has 1 aliphatic heterocycles. The van der Waals surface area contributed by atoms with Crippen molar-refractivity contribution in [3.63, 3.8) is 0 Å². The van der Waals surface area contributed by atoms with Crippen LogP contribution in [0.4, 0.5) is 11.4 Å². The summed E-state index contributed by atoms with van der Waals surface area (Å²) in [6.45, 7) is 3.68. The van der Waals surface area contributed by atoms with E-state index in [1.165, 1.54) is 7.11 Å². The molecule has 1 aliphatic rings. The van der Waals surface area contributed by atoms with Gasteiger partial charge in [-0.15, -0.1) is 0 Å². The summed E-state index contributed by atoms with van der Waals surface area (Å²) in [7, 11) is 1.35. The van der Waals surface area contributed by atoms with Gasteiger partial charge in [-0.05, 0) is 25.5 Å². The number of methoxy groups -OCH3 is 1. The van der Waals surface area contributed by atoms with E-state index in [9.17, 15) is 4.79 Å². The molecule has 0 radical (unpaired) electrons. The average molecular weight is 264 g/mol. The van der Waals surface area contributed by atoms with Gasteiger partial charge in [0, 0.05) is 19.1 Å².